The van der Waals surface area contributed by atoms with Crippen LogP contribution in [0.5, 0.6) is 11.5 Å². The van der Waals surface area contributed by atoms with Crippen LogP contribution in [0, 0.1) is 5.41 Å². The molecule has 0 aliphatic rings. The first-order chi connectivity index (χ1) is 18.2. The summed E-state index contributed by atoms with van der Waals surface area (Å²) >= 11 is 6.20. The van der Waals surface area contributed by atoms with Crippen LogP contribution in [0.15, 0.2) is 60.7 Å². The first-order valence-corrected chi connectivity index (χ1v) is 12.3. The molecule has 0 heterocycles. The number of nitrogens with two attached hydrogens (primary N) is 1. The fourth-order valence-electron chi connectivity index (χ4n) is 3.44. The predicted octanol–water partition coefficient (Wildman–Crippen LogP) is 4.40. The number of nitrogen functional groups attached to an aromatic ring is 1. The maximum atomic E-state index is 13.1. The van der Waals surface area contributed by atoms with Crippen molar-refractivity contribution in [3.8, 4) is 11.5 Å². The minimum Gasteiger partial charge on any atom is -0.488 e. The van der Waals surface area contributed by atoms with E-state index in [4.69, 9.17) is 32.2 Å². The number of rotatable bonds is 13. The standard InChI is InChI=1S/C28H32ClN5O4/c1-18(34(2)3)17-38-25-6-4-5-20(26(25)37-14-13-35)16-32-24-12-9-21(29)15-23(24)28(36)33-22-10-7-19(8-11-22)27(30)31/h4-13,15,18,32H,14,16-17H2,1-3H3,(H3,30,31)(H,33,36). The second-order valence-electron chi connectivity index (χ2n) is 8.83. The minimum absolute atomic E-state index is 0.0534. The number of nitrogens with one attached hydrogen (secondary N) is 3. The molecule has 5 N–H and O–H groups in total. The van der Waals surface area contributed by atoms with Gasteiger partial charge in [0.2, 0.25) is 0 Å². The summed E-state index contributed by atoms with van der Waals surface area (Å²) in [7, 11) is 3.94. The van der Waals surface area contributed by atoms with Gasteiger partial charge in [0, 0.05) is 40.1 Å². The molecule has 3 rings (SSSR count). The highest BCUT2D eigenvalue weighted by molar-refractivity contribution is 6.31. The molecule has 1 atom stereocenters. The third kappa shape index (κ3) is 7.71. The molecule has 200 valence electrons. The Morgan fingerprint density at radius 1 is 1.13 bits per heavy atom. The fraction of sp³-hybridized carbons (Fsp3) is 0.250. The van der Waals surface area contributed by atoms with Gasteiger partial charge < -0.3 is 30.7 Å². The molecule has 0 aliphatic carbocycles. The molecule has 0 bridgehead atoms. The largest absolute Gasteiger partial charge is 0.488 e. The minimum atomic E-state index is -0.363. The molecule has 0 fully saturated rings. The first-order valence-electron chi connectivity index (χ1n) is 12.0. The predicted molar refractivity (Wildman–Crippen MR) is 151 cm³/mol. The Labute approximate surface area is 227 Å². The van der Waals surface area contributed by atoms with E-state index < -0.39 is 0 Å². The highest BCUT2D eigenvalue weighted by atomic mass is 35.5. The fourth-order valence-corrected chi connectivity index (χ4v) is 3.61. The second kappa shape index (κ2) is 13.5. The molecule has 3 aromatic carbocycles. The lowest BCUT2D eigenvalue weighted by molar-refractivity contribution is -0.109. The van der Waals surface area contributed by atoms with E-state index in [-0.39, 0.29) is 24.4 Å². The average Bonchev–Trinajstić information content (AvgIpc) is 2.90. The van der Waals surface area contributed by atoms with E-state index in [9.17, 15) is 9.59 Å². The number of carbonyl (C=O) groups excluding carboxylic acids is 2. The number of nitrogens with zero attached hydrogens (tertiary/aromatic N) is 1. The van der Waals surface area contributed by atoms with E-state index in [1.54, 1.807) is 48.5 Å². The van der Waals surface area contributed by atoms with Crippen LogP contribution in [0.2, 0.25) is 5.02 Å². The van der Waals surface area contributed by atoms with Gasteiger partial charge in [-0.25, -0.2) is 0 Å². The zero-order chi connectivity index (χ0) is 27.7. The molecule has 3 aromatic rings. The van der Waals surface area contributed by atoms with Crippen LogP contribution in [0.25, 0.3) is 0 Å². The highest BCUT2D eigenvalue weighted by Crippen LogP contribution is 2.33. The molecule has 0 saturated carbocycles. The first kappa shape index (κ1) is 28.5. The van der Waals surface area contributed by atoms with E-state index in [2.05, 4.69) is 10.6 Å². The van der Waals surface area contributed by atoms with Gasteiger partial charge in [0.25, 0.3) is 5.91 Å². The lowest BCUT2D eigenvalue weighted by Crippen LogP contribution is -2.30. The number of hydrogen-bond acceptors (Lipinski definition) is 7. The van der Waals surface area contributed by atoms with Crippen LogP contribution in [0.4, 0.5) is 11.4 Å². The van der Waals surface area contributed by atoms with Crippen molar-refractivity contribution in [3.05, 3.63) is 82.4 Å². The molecule has 0 spiro atoms. The molecule has 38 heavy (non-hydrogen) atoms. The topological polar surface area (TPSA) is 130 Å². The van der Waals surface area contributed by atoms with Gasteiger partial charge in [0.1, 0.15) is 19.0 Å². The summed E-state index contributed by atoms with van der Waals surface area (Å²) < 4.78 is 11.7. The molecule has 0 aromatic heterocycles. The zero-order valence-corrected chi connectivity index (χ0v) is 22.3. The summed E-state index contributed by atoms with van der Waals surface area (Å²) in [6.45, 7) is 2.66. The van der Waals surface area contributed by atoms with Crippen LogP contribution < -0.4 is 25.8 Å². The summed E-state index contributed by atoms with van der Waals surface area (Å²) in [4.78, 5) is 26.2. The number of carbonyl (C=O) groups is 2. The van der Waals surface area contributed by atoms with Crippen molar-refractivity contribution < 1.29 is 19.1 Å². The van der Waals surface area contributed by atoms with Crippen molar-refractivity contribution >= 4 is 41.0 Å². The zero-order valence-electron chi connectivity index (χ0n) is 21.6. The van der Waals surface area contributed by atoms with Gasteiger partial charge in [-0.15, -0.1) is 0 Å². The monoisotopic (exact) mass is 537 g/mol. The Balaban J connectivity index is 1.80. The molecule has 1 unspecified atom stereocenters. The van der Waals surface area contributed by atoms with E-state index in [0.717, 1.165) is 5.56 Å². The lowest BCUT2D eigenvalue weighted by Gasteiger charge is -2.22. The molecule has 10 heteroatoms. The van der Waals surface area contributed by atoms with Crippen molar-refractivity contribution in [1.29, 1.82) is 5.41 Å². The molecule has 9 nitrogen and oxygen atoms in total. The molecule has 0 radical (unpaired) electrons. The second-order valence-corrected chi connectivity index (χ2v) is 9.27. The van der Waals surface area contributed by atoms with Crippen LogP contribution >= 0.6 is 11.6 Å². The number of likely N-dealkylation sites (N-methyl/N-ethyl adjacent to an activating group) is 1. The molecular formula is C28H32ClN5O4. The van der Waals surface area contributed by atoms with E-state index in [1.807, 2.05) is 38.1 Å². The van der Waals surface area contributed by atoms with Gasteiger partial charge in [-0.3, -0.25) is 15.0 Å². The Hall–Kier alpha value is -4.08. The Bertz CT molecular complexity index is 1280. The number of hydrogen-bond donors (Lipinski definition) is 4. The number of anilines is 2. The Morgan fingerprint density at radius 3 is 2.53 bits per heavy atom. The van der Waals surface area contributed by atoms with Gasteiger partial charge in [-0.1, -0.05) is 23.7 Å². The number of ether oxygens (including phenoxy) is 2. The molecule has 0 aliphatic heterocycles. The van der Waals surface area contributed by atoms with Crippen LogP contribution in [0.1, 0.15) is 28.4 Å². The average molecular weight is 538 g/mol. The smallest absolute Gasteiger partial charge is 0.257 e. The SMILES string of the molecule is CC(COc1cccc(CNc2ccc(Cl)cc2C(=O)Nc2ccc(C(=N)N)cc2)c1OCC=O)N(C)C. The van der Waals surface area contributed by atoms with Crippen LogP contribution in [0.3, 0.4) is 0 Å². The maximum absolute atomic E-state index is 13.1. The number of para-hydroxylation sites is 1. The van der Waals surface area contributed by atoms with Gasteiger partial charge in [0.05, 0.1) is 5.56 Å². The summed E-state index contributed by atoms with van der Waals surface area (Å²) in [6, 6.07) is 17.3. The highest BCUT2D eigenvalue weighted by Gasteiger charge is 2.16. The Morgan fingerprint density at radius 2 is 1.87 bits per heavy atom. The summed E-state index contributed by atoms with van der Waals surface area (Å²) in [5, 5.41) is 14.0. The van der Waals surface area contributed by atoms with Gasteiger partial charge in [-0.2, -0.15) is 0 Å². The summed E-state index contributed by atoms with van der Waals surface area (Å²) in [5.74, 6) is 0.576. The van der Waals surface area contributed by atoms with E-state index in [1.165, 1.54) is 0 Å². The van der Waals surface area contributed by atoms with Gasteiger partial charge in [0.15, 0.2) is 17.8 Å². The van der Waals surface area contributed by atoms with Crippen molar-refractivity contribution in [2.75, 3.05) is 37.9 Å². The van der Waals surface area contributed by atoms with E-state index in [0.29, 0.717) is 58.5 Å². The molecular weight excluding hydrogens is 506 g/mol. The third-order valence-electron chi connectivity index (χ3n) is 5.87. The van der Waals surface area contributed by atoms with Crippen molar-refractivity contribution in [1.82, 2.24) is 4.90 Å². The Kier molecular flexibility index (Phi) is 10.1. The van der Waals surface area contributed by atoms with Crippen molar-refractivity contribution in [2.24, 2.45) is 5.73 Å². The number of amides is 1. The van der Waals surface area contributed by atoms with Gasteiger partial charge in [-0.05, 0) is 69.6 Å². The number of aldehydes is 1. The quantitative estimate of drug-likeness (QED) is 0.144. The van der Waals surface area contributed by atoms with Crippen molar-refractivity contribution in [2.45, 2.75) is 19.5 Å². The molecule has 0 saturated heterocycles. The normalized spacial score (nSPS) is 11.5. The number of benzene rings is 3. The van der Waals surface area contributed by atoms with Crippen LogP contribution in [-0.2, 0) is 11.3 Å². The van der Waals surface area contributed by atoms with Crippen molar-refractivity contribution in [3.63, 3.8) is 0 Å². The molecule has 1 amide bonds. The number of amidine groups is 1. The summed E-state index contributed by atoms with van der Waals surface area (Å²) in [6.07, 6.45) is 0.682. The summed E-state index contributed by atoms with van der Waals surface area (Å²) in [5.41, 5.74) is 8.26. The van der Waals surface area contributed by atoms with Gasteiger partial charge >= 0.3 is 0 Å². The van der Waals surface area contributed by atoms with E-state index >= 15 is 0 Å². The number of halogens is 1. The lowest BCUT2D eigenvalue weighted by atomic mass is 10.1. The van der Waals surface area contributed by atoms with Crippen LogP contribution in [-0.4, -0.2) is 56.3 Å². The third-order valence-corrected chi connectivity index (χ3v) is 6.10. The maximum Gasteiger partial charge on any atom is 0.257 e.